The molecule has 24 heavy (non-hydrogen) atoms. The van der Waals surface area contributed by atoms with Gasteiger partial charge in [-0.05, 0) is 23.3 Å². The zero-order chi connectivity index (χ0) is 16.3. The summed E-state index contributed by atoms with van der Waals surface area (Å²) in [6.07, 6.45) is 4.87. The third kappa shape index (κ3) is 5.99. The van der Waals surface area contributed by atoms with Crippen molar-refractivity contribution in [3.8, 4) is 0 Å². The highest BCUT2D eigenvalue weighted by Gasteiger charge is 2.06. The number of nitrogens with zero attached hydrogens (tertiary/aromatic N) is 6. The third-order valence-corrected chi connectivity index (χ3v) is 2.94. The summed E-state index contributed by atoms with van der Waals surface area (Å²) in [6, 6.07) is 11.0. The van der Waals surface area contributed by atoms with E-state index in [1.54, 1.807) is 21.3 Å². The van der Waals surface area contributed by atoms with Crippen LogP contribution in [0.4, 0.5) is 5.82 Å². The van der Waals surface area contributed by atoms with Crippen LogP contribution in [0, 0.1) is 0 Å². The molecule has 0 spiro atoms. The van der Waals surface area contributed by atoms with Gasteiger partial charge in [-0.1, -0.05) is 12.1 Å². The summed E-state index contributed by atoms with van der Waals surface area (Å²) in [4.78, 5) is 0. The number of halogens is 1. The maximum absolute atomic E-state index is 8.99. The van der Waals surface area contributed by atoms with E-state index in [0.717, 1.165) is 0 Å². The zero-order valence-corrected chi connectivity index (χ0v) is 13.7. The monoisotopic (exact) mass is 350 g/mol. The number of azo groups is 1. The minimum absolute atomic E-state index is 0. The van der Waals surface area contributed by atoms with Gasteiger partial charge < -0.3 is 27.2 Å². The first-order valence-corrected chi connectivity index (χ1v) is 7.17. The summed E-state index contributed by atoms with van der Waals surface area (Å²) in [6.45, 7) is 0.947. The Balaban J connectivity index is 0.00000288. The fourth-order valence-corrected chi connectivity index (χ4v) is 1.90. The first-order chi connectivity index (χ1) is 11.3. The summed E-state index contributed by atoms with van der Waals surface area (Å²) >= 11 is 0. The van der Waals surface area contributed by atoms with E-state index in [4.69, 9.17) is 10.2 Å². The third-order valence-electron chi connectivity index (χ3n) is 2.94. The van der Waals surface area contributed by atoms with Gasteiger partial charge in [-0.25, -0.2) is 4.57 Å². The predicted molar refractivity (Wildman–Crippen MR) is 83.8 cm³/mol. The SMILES string of the molecule is OCCn1ccccc1=NN=CN=Nc1cccc[n+]1CCO.[Cl-]. The van der Waals surface area contributed by atoms with Gasteiger partial charge in [-0.15, -0.1) is 10.2 Å². The van der Waals surface area contributed by atoms with Crippen molar-refractivity contribution in [2.45, 2.75) is 13.1 Å². The summed E-state index contributed by atoms with van der Waals surface area (Å²) in [5.41, 5.74) is 0.614. The molecule has 9 heteroatoms. The number of rotatable bonds is 7. The smallest absolute Gasteiger partial charge is 0.350 e. The molecular formula is C15H19ClN6O2. The van der Waals surface area contributed by atoms with Gasteiger partial charge in [-0.3, -0.25) is 0 Å². The van der Waals surface area contributed by atoms with Crippen molar-refractivity contribution in [3.05, 3.63) is 54.3 Å². The molecule has 0 atom stereocenters. The number of aromatic nitrogens is 2. The zero-order valence-electron chi connectivity index (χ0n) is 13.0. The Morgan fingerprint density at radius 3 is 2.71 bits per heavy atom. The molecule has 2 heterocycles. The second kappa shape index (κ2) is 11.2. The van der Waals surface area contributed by atoms with Crippen LogP contribution < -0.4 is 22.5 Å². The summed E-state index contributed by atoms with van der Waals surface area (Å²) in [7, 11) is 0. The first kappa shape index (κ1) is 19.6. The molecule has 0 aliphatic rings. The van der Waals surface area contributed by atoms with Gasteiger partial charge >= 0.3 is 5.82 Å². The maximum atomic E-state index is 8.99. The molecule has 0 aliphatic carbocycles. The largest absolute Gasteiger partial charge is 1.00 e. The molecule has 0 bridgehead atoms. The van der Waals surface area contributed by atoms with Gasteiger partial charge in [0.15, 0.2) is 11.8 Å². The van der Waals surface area contributed by atoms with E-state index >= 15 is 0 Å². The summed E-state index contributed by atoms with van der Waals surface area (Å²) < 4.78 is 3.56. The minimum Gasteiger partial charge on any atom is -1.00 e. The highest BCUT2D eigenvalue weighted by atomic mass is 35.5. The Labute approximate surface area is 145 Å². The van der Waals surface area contributed by atoms with Crippen LogP contribution >= 0.6 is 0 Å². The number of aliphatic hydroxyl groups excluding tert-OH is 2. The molecule has 0 fully saturated rings. The van der Waals surface area contributed by atoms with Gasteiger partial charge in [0, 0.05) is 18.8 Å². The van der Waals surface area contributed by atoms with Gasteiger partial charge in [0.05, 0.1) is 24.5 Å². The van der Waals surface area contributed by atoms with Gasteiger partial charge in [0.1, 0.15) is 6.54 Å². The Morgan fingerprint density at radius 2 is 1.92 bits per heavy atom. The van der Waals surface area contributed by atoms with E-state index in [9.17, 15) is 0 Å². The molecular weight excluding hydrogens is 332 g/mol. The maximum Gasteiger partial charge on any atom is 0.350 e. The van der Waals surface area contributed by atoms with Crippen LogP contribution in [-0.4, -0.2) is 34.3 Å². The van der Waals surface area contributed by atoms with Crippen LogP contribution in [0.5, 0.6) is 0 Å². The Kier molecular flexibility index (Phi) is 9.13. The highest BCUT2D eigenvalue weighted by Crippen LogP contribution is 2.03. The molecule has 8 nitrogen and oxygen atoms in total. The molecule has 128 valence electrons. The number of hydrogen-bond acceptors (Lipinski definition) is 5. The van der Waals surface area contributed by atoms with E-state index in [-0.39, 0.29) is 25.6 Å². The summed E-state index contributed by atoms with van der Waals surface area (Å²) in [5, 5.41) is 33.8. The number of pyridine rings is 2. The molecule has 0 saturated heterocycles. The van der Waals surface area contributed by atoms with Crippen molar-refractivity contribution in [1.29, 1.82) is 0 Å². The number of hydrogen-bond donors (Lipinski definition) is 2. The topological polar surface area (TPSA) is 98.7 Å². The average Bonchev–Trinajstić information content (AvgIpc) is 2.58. The molecule has 0 aliphatic heterocycles. The lowest BCUT2D eigenvalue weighted by Crippen LogP contribution is -3.00. The van der Waals surface area contributed by atoms with Crippen molar-refractivity contribution < 1.29 is 27.2 Å². The van der Waals surface area contributed by atoms with Gasteiger partial charge in [0.25, 0.3) is 0 Å². The van der Waals surface area contributed by atoms with E-state index in [0.29, 0.717) is 24.4 Å². The molecule has 2 N–H and O–H groups in total. The van der Waals surface area contributed by atoms with E-state index in [1.807, 2.05) is 36.7 Å². The normalized spacial score (nSPS) is 12.0. The first-order valence-electron chi connectivity index (χ1n) is 7.17. The number of aliphatic hydroxyl groups is 2. The quantitative estimate of drug-likeness (QED) is 0.188. The second-order valence-electron chi connectivity index (χ2n) is 4.50. The predicted octanol–water partition coefficient (Wildman–Crippen LogP) is -2.61. The minimum atomic E-state index is 0. The van der Waals surface area contributed by atoms with Crippen molar-refractivity contribution >= 4 is 12.2 Å². The van der Waals surface area contributed by atoms with Crippen molar-refractivity contribution in [2.24, 2.45) is 20.4 Å². The second-order valence-corrected chi connectivity index (χ2v) is 4.50. The fraction of sp³-hybridized carbons (Fsp3) is 0.267. The Bertz CT molecular complexity index is 744. The average molecular weight is 351 g/mol. The van der Waals surface area contributed by atoms with E-state index in [1.165, 1.54) is 6.34 Å². The van der Waals surface area contributed by atoms with Crippen molar-refractivity contribution in [1.82, 2.24) is 4.57 Å². The van der Waals surface area contributed by atoms with E-state index < -0.39 is 0 Å². The lowest BCUT2D eigenvalue weighted by atomic mass is 10.4. The molecule has 0 aromatic carbocycles. The molecule has 0 amide bonds. The fourth-order valence-electron chi connectivity index (χ4n) is 1.90. The molecule has 2 aromatic heterocycles. The Hall–Kier alpha value is -2.42. The molecule has 0 radical (unpaired) electrons. The summed E-state index contributed by atoms with van der Waals surface area (Å²) in [5.74, 6) is 0.614. The van der Waals surface area contributed by atoms with Crippen molar-refractivity contribution in [3.63, 3.8) is 0 Å². The van der Waals surface area contributed by atoms with Gasteiger partial charge in [-0.2, -0.15) is 0 Å². The van der Waals surface area contributed by atoms with Gasteiger partial charge in [0.2, 0.25) is 0 Å². The molecule has 2 aromatic rings. The molecule has 0 saturated carbocycles. The molecule has 0 unspecified atom stereocenters. The van der Waals surface area contributed by atoms with Crippen LogP contribution in [0.2, 0.25) is 0 Å². The van der Waals surface area contributed by atoms with Crippen LogP contribution in [0.1, 0.15) is 0 Å². The van der Waals surface area contributed by atoms with Crippen LogP contribution in [0.25, 0.3) is 0 Å². The van der Waals surface area contributed by atoms with Crippen LogP contribution in [0.15, 0.2) is 69.2 Å². The lowest BCUT2D eigenvalue weighted by Gasteiger charge is -2.02. The van der Waals surface area contributed by atoms with Crippen LogP contribution in [-0.2, 0) is 13.1 Å². The van der Waals surface area contributed by atoms with Crippen molar-refractivity contribution in [2.75, 3.05) is 13.2 Å². The molecule has 2 rings (SSSR count). The van der Waals surface area contributed by atoms with E-state index in [2.05, 4.69) is 20.4 Å². The van der Waals surface area contributed by atoms with Crippen LogP contribution in [0.3, 0.4) is 0 Å². The highest BCUT2D eigenvalue weighted by molar-refractivity contribution is 5.54. The lowest BCUT2D eigenvalue weighted by molar-refractivity contribution is -0.685. The standard InChI is InChI=1S/C15H19N6O2.ClH/c22-11-9-20-7-3-1-5-14(20)18-16-13-17-19-15-6-2-4-8-21(15)10-12-23;/h1-8,13,22-23H,9-12H2;1H/q+1;/p-1. The Morgan fingerprint density at radius 1 is 1.08 bits per heavy atom.